The van der Waals surface area contributed by atoms with Crippen molar-refractivity contribution in [3.63, 3.8) is 0 Å². The average Bonchev–Trinajstić information content (AvgIpc) is 2.76. The van der Waals surface area contributed by atoms with Crippen LogP contribution < -0.4 is 0 Å². The van der Waals surface area contributed by atoms with E-state index in [1.54, 1.807) is 6.07 Å². The molecule has 2 aliphatic carbocycles. The van der Waals surface area contributed by atoms with Crippen molar-refractivity contribution in [2.24, 2.45) is 5.92 Å². The molecule has 0 radical (unpaired) electrons. The lowest BCUT2D eigenvalue weighted by atomic mass is 9.73. The van der Waals surface area contributed by atoms with E-state index in [4.69, 9.17) is 0 Å². The standard InChI is InChI=1S/C27H33F3S/c1-3-5-7-8-17-9-11-18(12-10-17)20-16-21-19-13-14-22(31-15-6-4-2)26(29)23(19)24(21)27(30)25(20)28/h13-14,16-18H,3-12,15H2,1-2H3. The Morgan fingerprint density at radius 1 is 0.806 bits per heavy atom. The molecule has 4 rings (SSSR count). The van der Waals surface area contributed by atoms with Gasteiger partial charge in [0.1, 0.15) is 5.82 Å². The van der Waals surface area contributed by atoms with E-state index in [0.717, 1.165) is 55.8 Å². The van der Waals surface area contributed by atoms with Crippen LogP contribution in [0.25, 0.3) is 22.3 Å². The van der Waals surface area contributed by atoms with Gasteiger partial charge in [0.05, 0.1) is 0 Å². The van der Waals surface area contributed by atoms with Crippen LogP contribution in [0.1, 0.15) is 89.5 Å². The average molecular weight is 447 g/mol. The van der Waals surface area contributed by atoms with Crippen LogP contribution in [0.15, 0.2) is 23.1 Å². The van der Waals surface area contributed by atoms with Gasteiger partial charge in [0.15, 0.2) is 11.6 Å². The van der Waals surface area contributed by atoms with E-state index in [0.29, 0.717) is 16.0 Å². The molecule has 0 unspecified atom stereocenters. The lowest BCUT2D eigenvalue weighted by Gasteiger charge is -2.32. The first-order chi connectivity index (χ1) is 15.1. The minimum atomic E-state index is -0.861. The second-order valence-corrected chi connectivity index (χ2v) is 10.4. The van der Waals surface area contributed by atoms with E-state index in [9.17, 15) is 0 Å². The fourth-order valence-corrected chi connectivity index (χ4v) is 6.29. The van der Waals surface area contributed by atoms with Gasteiger partial charge in [-0.2, -0.15) is 0 Å². The van der Waals surface area contributed by atoms with Gasteiger partial charge in [0.25, 0.3) is 0 Å². The third-order valence-corrected chi connectivity index (χ3v) is 8.26. The number of halogens is 3. The first-order valence-corrected chi connectivity index (χ1v) is 13.0. The molecular formula is C27H33F3S. The summed E-state index contributed by atoms with van der Waals surface area (Å²) in [6, 6.07) is 5.47. The normalized spacial score (nSPS) is 19.6. The minimum Gasteiger partial charge on any atom is -0.205 e. The molecule has 1 saturated carbocycles. The Kier molecular flexibility index (Phi) is 7.36. The Morgan fingerprint density at radius 3 is 2.23 bits per heavy atom. The van der Waals surface area contributed by atoms with E-state index in [2.05, 4.69) is 13.8 Å². The van der Waals surface area contributed by atoms with Crippen molar-refractivity contribution in [3.05, 3.63) is 41.2 Å². The smallest absolute Gasteiger partial charge is 0.167 e. The Morgan fingerprint density at radius 2 is 1.52 bits per heavy atom. The maximum atomic E-state index is 15.1. The SMILES string of the molecule is CCCCCC1CCC(c2cc3c(c(F)c2F)-c2c-3ccc(SCCCC)c2F)CC1. The van der Waals surface area contributed by atoms with Crippen LogP contribution >= 0.6 is 11.8 Å². The highest BCUT2D eigenvalue weighted by Gasteiger charge is 2.35. The van der Waals surface area contributed by atoms with Crippen molar-refractivity contribution in [2.45, 2.75) is 88.9 Å². The third kappa shape index (κ3) is 4.42. The highest BCUT2D eigenvalue weighted by molar-refractivity contribution is 7.99. The van der Waals surface area contributed by atoms with Gasteiger partial charge in [0.2, 0.25) is 0 Å². The number of hydrogen-bond donors (Lipinski definition) is 0. The van der Waals surface area contributed by atoms with E-state index in [1.165, 1.54) is 37.4 Å². The van der Waals surface area contributed by atoms with E-state index in [1.807, 2.05) is 12.1 Å². The maximum absolute atomic E-state index is 15.1. The molecule has 0 heterocycles. The summed E-state index contributed by atoms with van der Waals surface area (Å²) in [4.78, 5) is 0.531. The number of benzene rings is 2. The summed E-state index contributed by atoms with van der Waals surface area (Å²) in [6.45, 7) is 4.31. The zero-order valence-electron chi connectivity index (χ0n) is 18.7. The number of rotatable bonds is 9. The third-order valence-electron chi connectivity index (χ3n) is 7.14. The number of unbranched alkanes of at least 4 members (excludes halogenated alkanes) is 3. The zero-order chi connectivity index (χ0) is 22.0. The fraction of sp³-hybridized carbons (Fsp3) is 0.556. The van der Waals surface area contributed by atoms with Gasteiger partial charge in [-0.25, -0.2) is 13.2 Å². The van der Waals surface area contributed by atoms with Crippen molar-refractivity contribution >= 4 is 11.8 Å². The Bertz CT molecular complexity index is 929. The number of fused-ring (bicyclic) bond motifs is 4. The molecule has 0 aromatic heterocycles. The van der Waals surface area contributed by atoms with Crippen LogP contribution in [-0.4, -0.2) is 5.75 Å². The topological polar surface area (TPSA) is 0 Å². The molecule has 2 aromatic rings. The van der Waals surface area contributed by atoms with Gasteiger partial charge >= 0.3 is 0 Å². The van der Waals surface area contributed by atoms with Crippen molar-refractivity contribution in [2.75, 3.05) is 5.75 Å². The number of hydrogen-bond acceptors (Lipinski definition) is 1. The van der Waals surface area contributed by atoms with Gasteiger partial charge in [0, 0.05) is 16.0 Å². The fourth-order valence-electron chi connectivity index (χ4n) is 5.25. The van der Waals surface area contributed by atoms with E-state index < -0.39 is 17.5 Å². The van der Waals surface area contributed by atoms with Crippen molar-refractivity contribution in [1.82, 2.24) is 0 Å². The summed E-state index contributed by atoms with van der Waals surface area (Å²) in [7, 11) is 0. The van der Waals surface area contributed by atoms with Gasteiger partial charge in [-0.05, 0) is 78.5 Å². The highest BCUT2D eigenvalue weighted by atomic mass is 32.2. The summed E-state index contributed by atoms with van der Waals surface area (Å²) >= 11 is 1.45. The lowest BCUT2D eigenvalue weighted by Crippen LogP contribution is -2.17. The van der Waals surface area contributed by atoms with Crippen molar-refractivity contribution in [3.8, 4) is 22.3 Å². The Balaban J connectivity index is 1.52. The Hall–Kier alpha value is -1.42. The van der Waals surface area contributed by atoms with Crippen LogP contribution in [0.3, 0.4) is 0 Å². The molecule has 0 saturated heterocycles. The first-order valence-electron chi connectivity index (χ1n) is 12.0. The molecule has 0 spiro atoms. The molecule has 2 aliphatic rings. The van der Waals surface area contributed by atoms with Crippen LogP contribution in [-0.2, 0) is 0 Å². The van der Waals surface area contributed by atoms with Gasteiger partial charge in [-0.1, -0.05) is 52.0 Å². The summed E-state index contributed by atoms with van der Waals surface area (Å²) in [5, 5.41) is 0. The summed E-state index contributed by atoms with van der Waals surface area (Å²) < 4.78 is 45.2. The van der Waals surface area contributed by atoms with Crippen LogP contribution in [0, 0.1) is 23.4 Å². The predicted molar refractivity (Wildman–Crippen MR) is 125 cm³/mol. The second-order valence-electron chi connectivity index (χ2n) is 9.23. The quantitative estimate of drug-likeness (QED) is 0.233. The van der Waals surface area contributed by atoms with E-state index >= 15 is 13.2 Å². The van der Waals surface area contributed by atoms with Crippen LogP contribution in [0.4, 0.5) is 13.2 Å². The Labute approximate surface area is 189 Å². The second kappa shape index (κ2) is 10.0. The monoisotopic (exact) mass is 446 g/mol. The molecule has 2 aromatic carbocycles. The van der Waals surface area contributed by atoms with Crippen LogP contribution in [0.5, 0.6) is 0 Å². The largest absolute Gasteiger partial charge is 0.205 e. The maximum Gasteiger partial charge on any atom is 0.167 e. The zero-order valence-corrected chi connectivity index (χ0v) is 19.5. The molecule has 31 heavy (non-hydrogen) atoms. The predicted octanol–water partition coefficient (Wildman–Crippen LogP) is 9.50. The van der Waals surface area contributed by atoms with Gasteiger partial charge in [-0.15, -0.1) is 11.8 Å². The minimum absolute atomic E-state index is 0.0694. The molecule has 0 bridgehead atoms. The molecule has 168 valence electrons. The lowest BCUT2D eigenvalue weighted by molar-refractivity contribution is 0.298. The van der Waals surface area contributed by atoms with Crippen LogP contribution in [0.2, 0.25) is 0 Å². The van der Waals surface area contributed by atoms with Gasteiger partial charge in [-0.3, -0.25) is 0 Å². The molecule has 1 fully saturated rings. The molecule has 0 amide bonds. The molecular weight excluding hydrogens is 413 g/mol. The molecule has 0 nitrogen and oxygen atoms in total. The first kappa shape index (κ1) is 22.8. The van der Waals surface area contributed by atoms with E-state index in [-0.39, 0.29) is 17.0 Å². The van der Waals surface area contributed by atoms with Crippen molar-refractivity contribution in [1.29, 1.82) is 0 Å². The molecule has 4 heteroatoms. The summed E-state index contributed by atoms with van der Waals surface area (Å²) in [6.07, 6.45) is 11.1. The highest BCUT2D eigenvalue weighted by Crippen LogP contribution is 2.54. The molecule has 0 N–H and O–H groups in total. The molecule has 0 aliphatic heterocycles. The summed E-state index contributed by atoms with van der Waals surface area (Å²) in [5.74, 6) is -0.400. The van der Waals surface area contributed by atoms with Gasteiger partial charge < -0.3 is 0 Å². The number of thioether (sulfide) groups is 1. The van der Waals surface area contributed by atoms with Crippen molar-refractivity contribution < 1.29 is 13.2 Å². The molecule has 0 atom stereocenters. The summed E-state index contributed by atoms with van der Waals surface area (Å²) in [5.41, 5.74) is 2.30.